The number of esters is 1. The fraction of sp³-hybridized carbons (Fsp3) is 0.458. The maximum atomic E-state index is 12.6. The SMILES string of the molecule is CCOC(=O)C(CC(C)C)c1ccc(OCC2CC2)c(-c2ccccc2)c1. The highest BCUT2D eigenvalue weighted by Crippen LogP contribution is 2.37. The van der Waals surface area contributed by atoms with Gasteiger partial charge in [-0.3, -0.25) is 4.79 Å². The van der Waals surface area contributed by atoms with Crippen molar-refractivity contribution in [2.75, 3.05) is 13.2 Å². The third-order valence-corrected chi connectivity index (χ3v) is 4.94. The maximum absolute atomic E-state index is 12.6. The molecular formula is C24H30O3. The molecule has 0 N–H and O–H groups in total. The number of benzene rings is 2. The minimum Gasteiger partial charge on any atom is -0.493 e. The van der Waals surface area contributed by atoms with Crippen molar-refractivity contribution in [3.05, 3.63) is 54.1 Å². The van der Waals surface area contributed by atoms with E-state index in [0.717, 1.165) is 35.5 Å². The molecular weight excluding hydrogens is 336 g/mol. The summed E-state index contributed by atoms with van der Waals surface area (Å²) in [5.41, 5.74) is 3.16. The second kappa shape index (κ2) is 9.07. The molecule has 2 aromatic rings. The quantitative estimate of drug-likeness (QED) is 0.523. The van der Waals surface area contributed by atoms with Gasteiger partial charge in [-0.25, -0.2) is 0 Å². The number of ether oxygens (including phenoxy) is 2. The van der Waals surface area contributed by atoms with Crippen molar-refractivity contribution in [1.29, 1.82) is 0 Å². The van der Waals surface area contributed by atoms with Gasteiger partial charge in [0, 0.05) is 5.56 Å². The Kier molecular flexibility index (Phi) is 6.54. The molecule has 0 saturated heterocycles. The molecule has 0 spiro atoms. The van der Waals surface area contributed by atoms with Crippen molar-refractivity contribution in [3.63, 3.8) is 0 Å². The zero-order chi connectivity index (χ0) is 19.2. The third-order valence-electron chi connectivity index (χ3n) is 4.94. The van der Waals surface area contributed by atoms with Gasteiger partial charge in [0.05, 0.1) is 19.1 Å². The molecule has 1 aliphatic rings. The first kappa shape index (κ1) is 19.5. The second-order valence-corrected chi connectivity index (χ2v) is 7.81. The molecule has 27 heavy (non-hydrogen) atoms. The van der Waals surface area contributed by atoms with Gasteiger partial charge in [0.25, 0.3) is 0 Å². The Balaban J connectivity index is 1.95. The fourth-order valence-electron chi connectivity index (χ4n) is 3.31. The van der Waals surface area contributed by atoms with Crippen LogP contribution in [0.5, 0.6) is 5.75 Å². The standard InChI is InChI=1S/C24H30O3/c1-4-26-24(25)22(14-17(2)3)20-12-13-23(27-16-18-10-11-18)21(15-20)19-8-6-5-7-9-19/h5-9,12-13,15,17-18,22H,4,10-11,14,16H2,1-3H3. The summed E-state index contributed by atoms with van der Waals surface area (Å²) in [6.45, 7) is 7.30. The summed E-state index contributed by atoms with van der Waals surface area (Å²) in [7, 11) is 0. The number of carbonyl (C=O) groups is 1. The number of rotatable bonds is 9. The van der Waals surface area contributed by atoms with E-state index in [4.69, 9.17) is 9.47 Å². The van der Waals surface area contributed by atoms with Crippen LogP contribution in [0, 0.1) is 11.8 Å². The van der Waals surface area contributed by atoms with Crippen LogP contribution in [-0.4, -0.2) is 19.2 Å². The van der Waals surface area contributed by atoms with E-state index >= 15 is 0 Å². The van der Waals surface area contributed by atoms with Gasteiger partial charge in [-0.2, -0.15) is 0 Å². The van der Waals surface area contributed by atoms with E-state index in [0.29, 0.717) is 18.4 Å². The molecule has 0 aromatic heterocycles. The van der Waals surface area contributed by atoms with Crippen LogP contribution >= 0.6 is 0 Å². The van der Waals surface area contributed by atoms with Gasteiger partial charge in [0.1, 0.15) is 5.75 Å². The Labute approximate surface area is 162 Å². The Morgan fingerprint density at radius 1 is 1.11 bits per heavy atom. The first-order valence-corrected chi connectivity index (χ1v) is 10.1. The number of hydrogen-bond acceptors (Lipinski definition) is 3. The molecule has 3 nitrogen and oxygen atoms in total. The van der Waals surface area contributed by atoms with Gasteiger partial charge in [0.15, 0.2) is 0 Å². The van der Waals surface area contributed by atoms with E-state index in [9.17, 15) is 4.79 Å². The summed E-state index contributed by atoms with van der Waals surface area (Å²) in [5.74, 6) is 1.61. The lowest BCUT2D eigenvalue weighted by Gasteiger charge is -2.20. The lowest BCUT2D eigenvalue weighted by Crippen LogP contribution is -2.18. The van der Waals surface area contributed by atoms with Gasteiger partial charge >= 0.3 is 5.97 Å². The van der Waals surface area contributed by atoms with Crippen LogP contribution in [0.2, 0.25) is 0 Å². The Morgan fingerprint density at radius 2 is 1.85 bits per heavy atom. The number of hydrogen-bond donors (Lipinski definition) is 0. The first-order valence-electron chi connectivity index (χ1n) is 10.1. The van der Waals surface area contributed by atoms with Gasteiger partial charge in [-0.15, -0.1) is 0 Å². The average molecular weight is 367 g/mol. The van der Waals surface area contributed by atoms with Crippen molar-refractivity contribution in [2.45, 2.75) is 46.0 Å². The molecule has 144 valence electrons. The third kappa shape index (κ3) is 5.35. The Bertz CT molecular complexity index is 747. The first-order chi connectivity index (χ1) is 13.1. The lowest BCUT2D eigenvalue weighted by molar-refractivity contribution is -0.145. The molecule has 3 rings (SSSR count). The van der Waals surface area contributed by atoms with E-state index < -0.39 is 0 Å². The molecule has 1 saturated carbocycles. The highest BCUT2D eigenvalue weighted by Gasteiger charge is 2.26. The average Bonchev–Trinajstić information content (AvgIpc) is 3.49. The van der Waals surface area contributed by atoms with Crippen molar-refractivity contribution < 1.29 is 14.3 Å². The molecule has 0 heterocycles. The summed E-state index contributed by atoms with van der Waals surface area (Å²) in [4.78, 5) is 12.6. The monoisotopic (exact) mass is 366 g/mol. The minimum atomic E-state index is -0.245. The topological polar surface area (TPSA) is 35.5 Å². The molecule has 0 amide bonds. The largest absolute Gasteiger partial charge is 0.493 e. The predicted molar refractivity (Wildman–Crippen MR) is 109 cm³/mol. The van der Waals surface area contributed by atoms with Gasteiger partial charge in [0.2, 0.25) is 0 Å². The Morgan fingerprint density at radius 3 is 2.48 bits per heavy atom. The molecule has 0 bridgehead atoms. The maximum Gasteiger partial charge on any atom is 0.313 e. The van der Waals surface area contributed by atoms with Crippen LogP contribution in [0.4, 0.5) is 0 Å². The highest BCUT2D eigenvalue weighted by molar-refractivity contribution is 5.80. The summed E-state index contributed by atoms with van der Waals surface area (Å²) in [6, 6.07) is 16.4. The van der Waals surface area contributed by atoms with Crippen molar-refractivity contribution >= 4 is 5.97 Å². The zero-order valence-corrected chi connectivity index (χ0v) is 16.6. The van der Waals surface area contributed by atoms with Crippen molar-refractivity contribution in [3.8, 4) is 16.9 Å². The van der Waals surface area contributed by atoms with Gasteiger partial charge < -0.3 is 9.47 Å². The van der Waals surface area contributed by atoms with Gasteiger partial charge in [-0.05, 0) is 61.3 Å². The summed E-state index contributed by atoms with van der Waals surface area (Å²) < 4.78 is 11.5. The summed E-state index contributed by atoms with van der Waals surface area (Å²) in [5, 5.41) is 0. The molecule has 1 fully saturated rings. The number of carbonyl (C=O) groups excluding carboxylic acids is 1. The van der Waals surface area contributed by atoms with Crippen LogP contribution in [0.15, 0.2) is 48.5 Å². The molecule has 2 aromatic carbocycles. The summed E-state index contributed by atoms with van der Waals surface area (Å²) >= 11 is 0. The van der Waals surface area contributed by atoms with E-state index in [1.165, 1.54) is 12.8 Å². The van der Waals surface area contributed by atoms with Crippen LogP contribution in [0.25, 0.3) is 11.1 Å². The van der Waals surface area contributed by atoms with Crippen molar-refractivity contribution in [1.82, 2.24) is 0 Å². The Hall–Kier alpha value is -2.29. The highest BCUT2D eigenvalue weighted by atomic mass is 16.5. The molecule has 1 unspecified atom stereocenters. The van der Waals surface area contributed by atoms with Crippen LogP contribution < -0.4 is 4.74 Å². The van der Waals surface area contributed by atoms with E-state index in [1.54, 1.807) is 0 Å². The zero-order valence-electron chi connectivity index (χ0n) is 16.6. The molecule has 1 atom stereocenters. The fourth-order valence-corrected chi connectivity index (χ4v) is 3.31. The van der Waals surface area contributed by atoms with Gasteiger partial charge in [-0.1, -0.05) is 50.2 Å². The van der Waals surface area contributed by atoms with E-state index in [1.807, 2.05) is 37.3 Å². The van der Waals surface area contributed by atoms with Crippen LogP contribution in [0.1, 0.15) is 51.5 Å². The summed E-state index contributed by atoms with van der Waals surface area (Å²) in [6.07, 6.45) is 3.30. The van der Waals surface area contributed by atoms with Crippen molar-refractivity contribution in [2.24, 2.45) is 11.8 Å². The molecule has 0 aliphatic heterocycles. The smallest absolute Gasteiger partial charge is 0.313 e. The lowest BCUT2D eigenvalue weighted by atomic mass is 9.88. The molecule has 3 heteroatoms. The van der Waals surface area contributed by atoms with E-state index in [-0.39, 0.29) is 11.9 Å². The van der Waals surface area contributed by atoms with Crippen LogP contribution in [0.3, 0.4) is 0 Å². The van der Waals surface area contributed by atoms with Crippen LogP contribution in [-0.2, 0) is 9.53 Å². The molecule has 1 aliphatic carbocycles. The van der Waals surface area contributed by atoms with E-state index in [2.05, 4.69) is 32.0 Å². The second-order valence-electron chi connectivity index (χ2n) is 7.81. The minimum absolute atomic E-state index is 0.142. The predicted octanol–water partition coefficient (Wildman–Crippen LogP) is 5.84. The molecule has 0 radical (unpaired) electrons. The normalized spacial score (nSPS) is 14.8.